The van der Waals surface area contributed by atoms with Crippen LogP contribution in [0.4, 0.5) is 0 Å². The van der Waals surface area contributed by atoms with Gasteiger partial charge in [0, 0.05) is 51.5 Å². The molecule has 11 heteroatoms. The number of hydrogen-bond acceptors (Lipinski definition) is 11. The summed E-state index contributed by atoms with van der Waals surface area (Å²) in [4.78, 5) is 13.8. The molecular formula is C39H59NO10. The largest absolute Gasteiger partial charge is 0.392 e. The number of nitrogens with two attached hydrogens (primary N) is 1. The van der Waals surface area contributed by atoms with E-state index in [0.29, 0.717) is 57.3 Å². The number of carbonyl (C=O) groups excluding carboxylic acids is 1. The van der Waals surface area contributed by atoms with Gasteiger partial charge in [-0.15, -0.1) is 0 Å². The fourth-order valence-corrected chi connectivity index (χ4v) is 10.5. The number of rotatable bonds is 3. The van der Waals surface area contributed by atoms with E-state index in [1.165, 1.54) is 0 Å². The summed E-state index contributed by atoms with van der Waals surface area (Å²) < 4.78 is 46.7. The topological polar surface area (TPSA) is 148 Å². The summed E-state index contributed by atoms with van der Waals surface area (Å²) in [5, 5.41) is 21.5. The van der Waals surface area contributed by atoms with Crippen LogP contribution in [0.2, 0.25) is 0 Å². The molecule has 8 fully saturated rings. The van der Waals surface area contributed by atoms with Gasteiger partial charge in [0.15, 0.2) is 5.79 Å². The van der Waals surface area contributed by atoms with Crippen LogP contribution in [0.3, 0.4) is 0 Å². The van der Waals surface area contributed by atoms with Gasteiger partial charge in [-0.1, -0.05) is 20.1 Å². The third kappa shape index (κ3) is 7.30. The van der Waals surface area contributed by atoms with Crippen LogP contribution in [0, 0.1) is 11.8 Å². The Kier molecular flexibility index (Phi) is 10.4. The van der Waals surface area contributed by atoms with E-state index in [1.54, 1.807) is 0 Å². The Morgan fingerprint density at radius 2 is 1.60 bits per heavy atom. The predicted octanol–water partition coefficient (Wildman–Crippen LogP) is 3.80. The monoisotopic (exact) mass is 701 g/mol. The summed E-state index contributed by atoms with van der Waals surface area (Å²) in [7, 11) is 0. The van der Waals surface area contributed by atoms with Crippen molar-refractivity contribution in [3.8, 4) is 0 Å². The van der Waals surface area contributed by atoms with Gasteiger partial charge in [0.1, 0.15) is 18.0 Å². The molecule has 4 N–H and O–H groups in total. The fraction of sp³-hybridized carbons (Fsp3) is 0.872. The van der Waals surface area contributed by atoms with Crippen LogP contribution in [0.1, 0.15) is 103 Å². The molecule has 0 aromatic carbocycles. The van der Waals surface area contributed by atoms with Crippen molar-refractivity contribution < 1.29 is 48.2 Å². The molecule has 8 rings (SSSR count). The van der Waals surface area contributed by atoms with Crippen molar-refractivity contribution >= 4 is 5.78 Å². The maximum Gasteiger partial charge on any atom is 0.172 e. The van der Waals surface area contributed by atoms with Crippen LogP contribution >= 0.6 is 0 Å². The Labute approximate surface area is 296 Å². The highest BCUT2D eigenvalue weighted by Gasteiger charge is 2.59. The van der Waals surface area contributed by atoms with Crippen LogP contribution < -0.4 is 5.73 Å². The molecule has 1 spiro atoms. The predicted molar refractivity (Wildman–Crippen MR) is 182 cm³/mol. The van der Waals surface area contributed by atoms with E-state index < -0.39 is 24.1 Å². The maximum atomic E-state index is 13.8. The van der Waals surface area contributed by atoms with Gasteiger partial charge in [-0.25, -0.2) is 0 Å². The van der Waals surface area contributed by atoms with Gasteiger partial charge in [-0.05, 0) is 74.3 Å². The van der Waals surface area contributed by atoms with Gasteiger partial charge >= 0.3 is 0 Å². The number of carbonyl (C=O) groups is 1. The SMILES string of the molecule is C=C1CC2CC[C@]34C[C@@H](O)C(O3)C3CC(O4)C4OC(CCC4O3)CC(=O)CC3C[C@@H](CC(O)CN)OC3C[C@H]3OC(CCC1O2)C[C@@H](C)C3=C. The number of aliphatic hydroxyl groups is 2. The zero-order valence-corrected chi connectivity index (χ0v) is 29.7. The maximum absolute atomic E-state index is 13.8. The molecule has 8 saturated heterocycles. The smallest absolute Gasteiger partial charge is 0.172 e. The van der Waals surface area contributed by atoms with Crippen LogP contribution in [0.15, 0.2) is 24.3 Å². The van der Waals surface area contributed by atoms with Gasteiger partial charge in [-0.2, -0.15) is 0 Å². The molecule has 17 atom stereocenters. The molecule has 280 valence electrons. The number of ether oxygens (including phenoxy) is 7. The van der Waals surface area contributed by atoms with E-state index in [-0.39, 0.29) is 85.4 Å². The second-order valence-corrected chi connectivity index (χ2v) is 17.0. The summed E-state index contributed by atoms with van der Waals surface area (Å²) in [6.45, 7) is 11.3. The first kappa shape index (κ1) is 35.8. The summed E-state index contributed by atoms with van der Waals surface area (Å²) in [6.07, 6.45) is 6.38. The standard InChI is InChI=1S/C39H59NO10/c1-20-10-26-4-6-31-21(2)11-28(44-31)8-9-39-18-30(43)37(50-39)35-17-36(49-39)38-32(48-35)7-5-27(47-38)14-24(41)12-23-13-29(15-25(42)19-40)46-34(23)16-33(45-26)22(20)3/h20,23,25-38,42-43H,2-19,40H2,1H3/t20-,23?,25?,26?,27?,28?,29+,30-,31?,32?,33-,34?,35?,36?,37?,38?,39-/m1/s1. The van der Waals surface area contributed by atoms with Crippen molar-refractivity contribution in [2.24, 2.45) is 17.6 Å². The first-order valence-corrected chi connectivity index (χ1v) is 19.6. The molecule has 0 aromatic rings. The van der Waals surface area contributed by atoms with Crippen LogP contribution in [-0.4, -0.2) is 114 Å². The molecule has 0 aliphatic carbocycles. The van der Waals surface area contributed by atoms with E-state index in [4.69, 9.17) is 38.9 Å². The minimum atomic E-state index is -0.928. The first-order valence-electron chi connectivity index (χ1n) is 19.6. The summed E-state index contributed by atoms with van der Waals surface area (Å²) in [6, 6.07) is 0. The Balaban J connectivity index is 1.04. The average molecular weight is 702 g/mol. The van der Waals surface area contributed by atoms with Gasteiger partial charge in [0.2, 0.25) is 0 Å². The Hall–Kier alpha value is -1.25. The van der Waals surface area contributed by atoms with Crippen LogP contribution in [0.5, 0.6) is 0 Å². The molecule has 0 radical (unpaired) electrons. The second-order valence-electron chi connectivity index (χ2n) is 17.0. The zero-order chi connectivity index (χ0) is 34.7. The highest BCUT2D eigenvalue weighted by Crippen LogP contribution is 2.49. The molecule has 8 heterocycles. The second kappa shape index (κ2) is 14.5. The van der Waals surface area contributed by atoms with Crippen molar-refractivity contribution in [3.05, 3.63) is 24.3 Å². The third-order valence-electron chi connectivity index (χ3n) is 13.2. The Morgan fingerprint density at radius 3 is 2.44 bits per heavy atom. The number of fused-ring (bicyclic) bond motifs is 9. The normalized spacial score (nSPS) is 50.4. The van der Waals surface area contributed by atoms with E-state index in [1.807, 2.05) is 0 Å². The molecule has 8 aliphatic rings. The summed E-state index contributed by atoms with van der Waals surface area (Å²) >= 11 is 0. The number of ketones is 1. The lowest BCUT2D eigenvalue weighted by molar-refractivity contribution is -0.277. The lowest BCUT2D eigenvalue weighted by Crippen LogP contribution is -2.58. The highest BCUT2D eigenvalue weighted by atomic mass is 16.7. The molecule has 8 aliphatic heterocycles. The van der Waals surface area contributed by atoms with Crippen molar-refractivity contribution in [2.45, 2.75) is 194 Å². The van der Waals surface area contributed by atoms with Crippen LogP contribution in [0.25, 0.3) is 0 Å². The van der Waals surface area contributed by atoms with Gasteiger partial charge in [0.05, 0.1) is 73.2 Å². The summed E-state index contributed by atoms with van der Waals surface area (Å²) in [5.74, 6) is -0.449. The molecular weight excluding hydrogens is 642 g/mol. The van der Waals surface area contributed by atoms with E-state index in [2.05, 4.69) is 20.1 Å². The molecule has 0 aromatic heterocycles. The lowest BCUT2D eigenvalue weighted by atomic mass is 9.82. The van der Waals surface area contributed by atoms with Crippen molar-refractivity contribution in [2.75, 3.05) is 6.54 Å². The van der Waals surface area contributed by atoms with Crippen molar-refractivity contribution in [1.82, 2.24) is 0 Å². The third-order valence-corrected chi connectivity index (χ3v) is 13.2. The van der Waals surface area contributed by atoms with Crippen molar-refractivity contribution in [1.29, 1.82) is 0 Å². The Morgan fingerprint density at radius 1 is 0.800 bits per heavy atom. The van der Waals surface area contributed by atoms with Gasteiger partial charge in [0.25, 0.3) is 0 Å². The quantitative estimate of drug-likeness (QED) is 0.369. The van der Waals surface area contributed by atoms with E-state index in [9.17, 15) is 15.0 Å². The van der Waals surface area contributed by atoms with Crippen molar-refractivity contribution in [3.63, 3.8) is 0 Å². The molecule has 12 unspecified atom stereocenters. The van der Waals surface area contributed by atoms with Gasteiger partial charge < -0.3 is 49.1 Å². The number of Topliss-reactive ketones (excluding diaryl/α,β-unsaturated/α-hetero) is 1. The highest BCUT2D eigenvalue weighted by molar-refractivity contribution is 5.79. The molecule has 11 nitrogen and oxygen atoms in total. The minimum Gasteiger partial charge on any atom is -0.392 e. The number of aliphatic hydroxyl groups excluding tert-OH is 2. The average Bonchev–Trinajstić information content (AvgIpc) is 3.71. The Bertz CT molecular complexity index is 1280. The molecule has 50 heavy (non-hydrogen) atoms. The first-order chi connectivity index (χ1) is 24.0. The number of hydrogen-bond donors (Lipinski definition) is 3. The molecule has 0 saturated carbocycles. The van der Waals surface area contributed by atoms with Crippen LogP contribution in [-0.2, 0) is 38.0 Å². The fourth-order valence-electron chi connectivity index (χ4n) is 10.5. The lowest BCUT2D eigenvalue weighted by Gasteiger charge is -2.47. The molecule has 0 amide bonds. The van der Waals surface area contributed by atoms with E-state index >= 15 is 0 Å². The summed E-state index contributed by atoms with van der Waals surface area (Å²) in [5.41, 5.74) is 7.96. The molecule has 10 bridgehead atoms. The minimum absolute atomic E-state index is 0.00819. The van der Waals surface area contributed by atoms with E-state index in [0.717, 1.165) is 56.1 Å². The van der Waals surface area contributed by atoms with Gasteiger partial charge in [-0.3, -0.25) is 4.79 Å². The zero-order valence-electron chi connectivity index (χ0n) is 29.7.